The first-order chi connectivity index (χ1) is 8.72. The molecule has 0 saturated heterocycles. The number of rotatable bonds is 2. The first-order valence-corrected chi connectivity index (χ1v) is 6.31. The highest BCUT2D eigenvalue weighted by Crippen LogP contribution is 2.28. The third-order valence-corrected chi connectivity index (χ3v) is 3.49. The number of hydrogen-bond donors (Lipinski definition) is 0. The lowest BCUT2D eigenvalue weighted by atomic mass is 10.2. The van der Waals surface area contributed by atoms with Gasteiger partial charge in [0.25, 0.3) is 0 Å². The van der Waals surface area contributed by atoms with Gasteiger partial charge >= 0.3 is 0 Å². The van der Waals surface area contributed by atoms with Crippen LogP contribution in [0.5, 0.6) is 0 Å². The second-order valence-electron chi connectivity index (χ2n) is 3.95. The van der Waals surface area contributed by atoms with Crippen LogP contribution in [0.3, 0.4) is 0 Å². The van der Waals surface area contributed by atoms with E-state index >= 15 is 0 Å². The van der Waals surface area contributed by atoms with Crippen molar-refractivity contribution in [1.29, 1.82) is 0 Å². The van der Waals surface area contributed by atoms with Crippen LogP contribution in [0.4, 0.5) is 4.39 Å². The molecular weight excluding hydrogens is 249 g/mol. The molecule has 2 aromatic heterocycles. The molecule has 90 valence electrons. The molecule has 0 unspecified atom stereocenters. The predicted octanol–water partition coefficient (Wildman–Crippen LogP) is 3.35. The molecule has 5 heteroatoms. The van der Waals surface area contributed by atoms with Crippen LogP contribution in [0.25, 0.3) is 21.8 Å². The summed E-state index contributed by atoms with van der Waals surface area (Å²) >= 11 is 1.56. The zero-order chi connectivity index (χ0) is 12.5. The summed E-state index contributed by atoms with van der Waals surface area (Å²) in [5.41, 5.74) is 2.78. The van der Waals surface area contributed by atoms with Gasteiger partial charge in [0.1, 0.15) is 10.8 Å². The Morgan fingerprint density at radius 1 is 1.17 bits per heavy atom. The lowest BCUT2D eigenvalue weighted by molar-refractivity contribution is 0.628. The molecule has 0 atom stereocenters. The van der Waals surface area contributed by atoms with Gasteiger partial charge in [-0.15, -0.1) is 11.3 Å². The Morgan fingerprint density at radius 3 is 2.61 bits per heavy atom. The molecule has 0 bridgehead atoms. The lowest BCUT2D eigenvalue weighted by Crippen LogP contribution is -1.84. The average molecular weight is 259 g/mol. The number of hydrogen-bond acceptors (Lipinski definition) is 3. The normalized spacial score (nSPS) is 10.8. The second kappa shape index (κ2) is 4.34. The minimum atomic E-state index is -0.235. The molecular formula is C13H10FN3S. The van der Waals surface area contributed by atoms with Gasteiger partial charge in [0.2, 0.25) is 0 Å². The van der Waals surface area contributed by atoms with Crippen molar-refractivity contribution in [2.24, 2.45) is 7.05 Å². The number of benzene rings is 1. The maximum atomic E-state index is 12.8. The summed E-state index contributed by atoms with van der Waals surface area (Å²) in [4.78, 5) is 4.54. The maximum Gasteiger partial charge on any atom is 0.127 e. The first kappa shape index (κ1) is 11.1. The van der Waals surface area contributed by atoms with Crippen molar-refractivity contribution in [2.75, 3.05) is 0 Å². The molecule has 0 spiro atoms. The summed E-state index contributed by atoms with van der Waals surface area (Å²) in [7, 11) is 1.87. The Kier molecular flexibility index (Phi) is 2.68. The fourth-order valence-corrected chi connectivity index (χ4v) is 2.50. The Hall–Kier alpha value is -2.01. The predicted molar refractivity (Wildman–Crippen MR) is 69.7 cm³/mol. The first-order valence-electron chi connectivity index (χ1n) is 5.43. The van der Waals surface area contributed by atoms with E-state index in [1.807, 2.05) is 18.6 Å². The number of thiazole rings is 1. The fourth-order valence-electron chi connectivity index (χ4n) is 1.69. The van der Waals surface area contributed by atoms with Crippen LogP contribution >= 0.6 is 11.3 Å². The van der Waals surface area contributed by atoms with E-state index in [2.05, 4.69) is 10.1 Å². The van der Waals surface area contributed by atoms with Crippen LogP contribution in [0, 0.1) is 5.82 Å². The molecule has 2 heterocycles. The molecule has 18 heavy (non-hydrogen) atoms. The standard InChI is InChI=1S/C13H10FN3S/c1-17-7-10(6-15-17)13-16-12(8-18-13)9-2-4-11(14)5-3-9/h2-8H,1H3. The number of nitrogens with zero attached hydrogens (tertiary/aromatic N) is 3. The van der Waals surface area contributed by atoms with Crippen molar-refractivity contribution in [2.45, 2.75) is 0 Å². The van der Waals surface area contributed by atoms with Crippen molar-refractivity contribution in [3.63, 3.8) is 0 Å². The topological polar surface area (TPSA) is 30.7 Å². The van der Waals surface area contributed by atoms with Crippen LogP contribution < -0.4 is 0 Å². The number of aromatic nitrogens is 3. The molecule has 1 aromatic carbocycles. The summed E-state index contributed by atoms with van der Waals surface area (Å²) in [5, 5.41) is 7.01. The summed E-state index contributed by atoms with van der Waals surface area (Å²) in [6.45, 7) is 0. The van der Waals surface area contributed by atoms with Gasteiger partial charge in [-0.25, -0.2) is 9.37 Å². The SMILES string of the molecule is Cn1cc(-c2nc(-c3ccc(F)cc3)cs2)cn1. The molecule has 3 rings (SSSR count). The van der Waals surface area contributed by atoms with Crippen LogP contribution in [-0.4, -0.2) is 14.8 Å². The second-order valence-corrected chi connectivity index (χ2v) is 4.81. The molecule has 0 radical (unpaired) electrons. The smallest absolute Gasteiger partial charge is 0.127 e. The van der Waals surface area contributed by atoms with Crippen LogP contribution in [0.1, 0.15) is 0 Å². The third-order valence-electron chi connectivity index (χ3n) is 2.60. The van der Waals surface area contributed by atoms with Crippen molar-refractivity contribution in [3.8, 4) is 21.8 Å². The van der Waals surface area contributed by atoms with E-state index in [-0.39, 0.29) is 5.82 Å². The molecule has 0 fully saturated rings. The van der Waals surface area contributed by atoms with Gasteiger partial charge in [-0.1, -0.05) is 0 Å². The summed E-state index contributed by atoms with van der Waals surface area (Å²) < 4.78 is 14.6. The van der Waals surface area contributed by atoms with Gasteiger partial charge in [0.05, 0.1) is 11.9 Å². The van der Waals surface area contributed by atoms with E-state index in [0.29, 0.717) is 0 Å². The molecule has 3 nitrogen and oxygen atoms in total. The monoisotopic (exact) mass is 259 g/mol. The van der Waals surface area contributed by atoms with E-state index in [0.717, 1.165) is 21.8 Å². The van der Waals surface area contributed by atoms with Crippen molar-refractivity contribution >= 4 is 11.3 Å². The van der Waals surface area contributed by atoms with Crippen molar-refractivity contribution < 1.29 is 4.39 Å². The van der Waals surface area contributed by atoms with Crippen LogP contribution in [0.15, 0.2) is 42.0 Å². The Balaban J connectivity index is 1.96. The lowest BCUT2D eigenvalue weighted by Gasteiger charge is -1.95. The Morgan fingerprint density at radius 2 is 1.94 bits per heavy atom. The quantitative estimate of drug-likeness (QED) is 0.706. The third kappa shape index (κ3) is 2.04. The van der Waals surface area contributed by atoms with Gasteiger partial charge < -0.3 is 0 Å². The van der Waals surface area contributed by atoms with Gasteiger partial charge in [0, 0.05) is 29.8 Å². The molecule has 0 amide bonds. The fraction of sp³-hybridized carbons (Fsp3) is 0.0769. The Bertz CT molecular complexity index is 670. The summed E-state index contributed by atoms with van der Waals surface area (Å²) in [5.74, 6) is -0.235. The van der Waals surface area contributed by atoms with Gasteiger partial charge in [-0.3, -0.25) is 4.68 Å². The largest absolute Gasteiger partial charge is 0.275 e. The van der Waals surface area contributed by atoms with Gasteiger partial charge in [-0.2, -0.15) is 5.10 Å². The van der Waals surface area contributed by atoms with Crippen molar-refractivity contribution in [3.05, 3.63) is 47.9 Å². The Labute approximate surface area is 108 Å². The zero-order valence-electron chi connectivity index (χ0n) is 9.67. The number of halogens is 1. The molecule has 0 aliphatic rings. The van der Waals surface area contributed by atoms with Gasteiger partial charge in [-0.05, 0) is 24.3 Å². The minimum Gasteiger partial charge on any atom is -0.275 e. The van der Waals surface area contributed by atoms with Crippen LogP contribution in [0.2, 0.25) is 0 Å². The summed E-state index contributed by atoms with van der Waals surface area (Å²) in [6.07, 6.45) is 3.71. The maximum absolute atomic E-state index is 12.8. The van der Waals surface area contributed by atoms with Gasteiger partial charge in [0.15, 0.2) is 0 Å². The highest BCUT2D eigenvalue weighted by atomic mass is 32.1. The average Bonchev–Trinajstić information content (AvgIpc) is 2.98. The van der Waals surface area contributed by atoms with E-state index in [4.69, 9.17) is 0 Å². The zero-order valence-corrected chi connectivity index (χ0v) is 10.5. The van der Waals surface area contributed by atoms with E-state index in [1.54, 1.807) is 34.3 Å². The van der Waals surface area contributed by atoms with E-state index < -0.39 is 0 Å². The number of aryl methyl sites for hydroxylation is 1. The van der Waals surface area contributed by atoms with E-state index in [1.165, 1.54) is 12.1 Å². The molecule has 0 aliphatic heterocycles. The minimum absolute atomic E-state index is 0.235. The van der Waals surface area contributed by atoms with Crippen LogP contribution in [-0.2, 0) is 7.05 Å². The van der Waals surface area contributed by atoms with E-state index in [9.17, 15) is 4.39 Å². The highest BCUT2D eigenvalue weighted by Gasteiger charge is 2.08. The summed E-state index contributed by atoms with van der Waals surface area (Å²) in [6, 6.07) is 6.35. The molecule has 0 saturated carbocycles. The molecule has 0 aliphatic carbocycles. The highest BCUT2D eigenvalue weighted by molar-refractivity contribution is 7.13. The molecule has 3 aromatic rings. The molecule has 0 N–H and O–H groups in total. The van der Waals surface area contributed by atoms with Crippen molar-refractivity contribution in [1.82, 2.24) is 14.8 Å².